The Labute approximate surface area is 190 Å². The number of amides is 1. The van der Waals surface area contributed by atoms with Gasteiger partial charge in [0.25, 0.3) is 5.56 Å². The lowest BCUT2D eigenvalue weighted by molar-refractivity contribution is -0.116. The fourth-order valence-electron chi connectivity index (χ4n) is 3.64. The zero-order chi connectivity index (χ0) is 23.3. The maximum atomic E-state index is 12.9. The van der Waals surface area contributed by atoms with Gasteiger partial charge >= 0.3 is 5.69 Å². The quantitative estimate of drug-likeness (QED) is 0.438. The summed E-state index contributed by atoms with van der Waals surface area (Å²) in [6, 6.07) is 9.50. The van der Waals surface area contributed by atoms with Crippen molar-refractivity contribution in [3.63, 3.8) is 0 Å². The van der Waals surface area contributed by atoms with E-state index in [4.69, 9.17) is 0 Å². The van der Waals surface area contributed by atoms with Crippen LogP contribution in [-0.4, -0.2) is 34.6 Å². The molecule has 0 unspecified atom stereocenters. The minimum absolute atomic E-state index is 0.126. The summed E-state index contributed by atoms with van der Waals surface area (Å²) in [6.45, 7) is 1.77. The highest BCUT2D eigenvalue weighted by Crippen LogP contribution is 2.31. The molecule has 0 atom stereocenters. The highest BCUT2D eigenvalue weighted by atomic mass is 32.1. The maximum absolute atomic E-state index is 12.9. The van der Waals surface area contributed by atoms with Crippen LogP contribution in [0.25, 0.3) is 32.1 Å². The van der Waals surface area contributed by atoms with Crippen molar-refractivity contribution in [3.8, 4) is 10.6 Å². The van der Waals surface area contributed by atoms with Crippen molar-refractivity contribution in [1.82, 2.24) is 28.7 Å². The zero-order valence-corrected chi connectivity index (χ0v) is 18.9. The Balaban J connectivity index is 1.44. The molecule has 0 fully saturated rings. The summed E-state index contributed by atoms with van der Waals surface area (Å²) in [5.41, 5.74) is 2.69. The lowest BCUT2D eigenvalue weighted by Gasteiger charge is -2.11. The Morgan fingerprint density at radius 1 is 1.12 bits per heavy atom. The summed E-state index contributed by atoms with van der Waals surface area (Å²) in [5.74, 6) is -0.323. The van der Waals surface area contributed by atoms with Gasteiger partial charge in [-0.15, -0.1) is 0 Å². The van der Waals surface area contributed by atoms with Gasteiger partial charge in [-0.2, -0.15) is 0 Å². The molecule has 0 radical (unpaired) electrons. The van der Waals surface area contributed by atoms with E-state index < -0.39 is 11.2 Å². The normalized spacial score (nSPS) is 11.4. The molecule has 166 valence electrons. The van der Waals surface area contributed by atoms with Crippen molar-refractivity contribution in [2.75, 3.05) is 5.32 Å². The third-order valence-corrected chi connectivity index (χ3v) is 6.48. The van der Waals surface area contributed by atoms with Crippen LogP contribution in [0, 0.1) is 6.92 Å². The zero-order valence-electron chi connectivity index (χ0n) is 18.1. The summed E-state index contributed by atoms with van der Waals surface area (Å²) in [5, 5.41) is 3.72. The van der Waals surface area contributed by atoms with Gasteiger partial charge in [-0.1, -0.05) is 23.5 Å². The largest absolute Gasteiger partial charge is 0.332 e. The topological polar surface area (TPSA) is 117 Å². The number of hydrogen-bond acceptors (Lipinski definition) is 7. The van der Waals surface area contributed by atoms with Crippen LogP contribution in [0.5, 0.6) is 0 Å². The average Bonchev–Trinajstić information content (AvgIpc) is 3.42. The summed E-state index contributed by atoms with van der Waals surface area (Å²) in [4.78, 5) is 51.5. The van der Waals surface area contributed by atoms with Gasteiger partial charge in [-0.25, -0.2) is 19.7 Å². The van der Waals surface area contributed by atoms with Crippen molar-refractivity contribution in [1.29, 1.82) is 0 Å². The first-order valence-electron chi connectivity index (χ1n) is 10.1. The molecule has 0 aliphatic carbocycles. The van der Waals surface area contributed by atoms with Crippen molar-refractivity contribution in [3.05, 3.63) is 69.3 Å². The molecular weight excluding hydrogens is 442 g/mol. The second kappa shape index (κ2) is 7.78. The SMILES string of the molecule is Cc1ccc(-c2nc3cccnc3s2)cc1NC(=O)Cn1cnc2c1c(=O)n(C)c(=O)n2C. The number of thiazole rings is 1. The van der Waals surface area contributed by atoms with Crippen molar-refractivity contribution in [2.45, 2.75) is 13.5 Å². The average molecular weight is 462 g/mol. The number of nitrogens with zero attached hydrogens (tertiary/aromatic N) is 6. The van der Waals surface area contributed by atoms with Crippen LogP contribution >= 0.6 is 11.3 Å². The molecule has 4 heterocycles. The molecule has 0 bridgehead atoms. The molecule has 4 aromatic heterocycles. The smallest absolute Gasteiger partial charge is 0.324 e. The van der Waals surface area contributed by atoms with Crippen molar-refractivity contribution >= 4 is 44.4 Å². The summed E-state index contributed by atoms with van der Waals surface area (Å²) in [6.07, 6.45) is 3.12. The number of fused-ring (bicyclic) bond motifs is 2. The Hall–Kier alpha value is -4.12. The summed E-state index contributed by atoms with van der Waals surface area (Å²) >= 11 is 1.48. The van der Waals surface area contributed by atoms with E-state index in [2.05, 4.69) is 20.3 Å². The fraction of sp³-hybridized carbons (Fsp3) is 0.182. The Morgan fingerprint density at radius 2 is 1.94 bits per heavy atom. The molecule has 0 aliphatic heterocycles. The molecule has 11 heteroatoms. The number of aryl methyl sites for hydroxylation is 2. The molecule has 10 nitrogen and oxygen atoms in total. The minimum Gasteiger partial charge on any atom is -0.324 e. The number of rotatable bonds is 4. The first-order valence-corrected chi connectivity index (χ1v) is 10.9. The molecule has 33 heavy (non-hydrogen) atoms. The van der Waals surface area contributed by atoms with E-state index in [0.717, 1.165) is 31.0 Å². The Kier molecular flexibility index (Phi) is 4.90. The fourth-order valence-corrected chi connectivity index (χ4v) is 4.55. The van der Waals surface area contributed by atoms with Crippen LogP contribution in [0.15, 0.2) is 52.4 Å². The number of pyridine rings is 1. The number of anilines is 1. The highest BCUT2D eigenvalue weighted by Gasteiger charge is 2.17. The van der Waals surface area contributed by atoms with Gasteiger partial charge in [0.2, 0.25) is 5.91 Å². The van der Waals surface area contributed by atoms with E-state index in [9.17, 15) is 14.4 Å². The lowest BCUT2D eigenvalue weighted by atomic mass is 10.1. The van der Waals surface area contributed by atoms with E-state index in [1.807, 2.05) is 37.3 Å². The molecule has 0 saturated carbocycles. The predicted molar refractivity (Wildman–Crippen MR) is 126 cm³/mol. The van der Waals surface area contributed by atoms with Gasteiger partial charge in [-0.05, 0) is 30.7 Å². The van der Waals surface area contributed by atoms with Crippen LogP contribution in [0.1, 0.15) is 5.56 Å². The van der Waals surface area contributed by atoms with Crippen LogP contribution in [0.2, 0.25) is 0 Å². The van der Waals surface area contributed by atoms with Gasteiger partial charge in [0.15, 0.2) is 11.2 Å². The Bertz CT molecular complexity index is 1640. The van der Waals surface area contributed by atoms with Crippen LogP contribution in [0.3, 0.4) is 0 Å². The molecule has 1 aromatic carbocycles. The molecular formula is C22H19N7O3S. The van der Waals surface area contributed by atoms with Gasteiger partial charge < -0.3 is 9.88 Å². The van der Waals surface area contributed by atoms with Gasteiger partial charge in [0.05, 0.1) is 6.33 Å². The van der Waals surface area contributed by atoms with E-state index in [-0.39, 0.29) is 23.6 Å². The van der Waals surface area contributed by atoms with Gasteiger partial charge in [0, 0.05) is 31.5 Å². The number of aromatic nitrogens is 6. The summed E-state index contributed by atoms with van der Waals surface area (Å²) < 4.78 is 3.73. The van der Waals surface area contributed by atoms with Gasteiger partial charge in [0.1, 0.15) is 21.9 Å². The first kappa shape index (κ1) is 20.8. The number of carbonyl (C=O) groups is 1. The third-order valence-electron chi connectivity index (χ3n) is 5.46. The predicted octanol–water partition coefficient (Wildman–Crippen LogP) is 2.05. The van der Waals surface area contributed by atoms with E-state index in [1.54, 1.807) is 6.20 Å². The first-order chi connectivity index (χ1) is 15.8. The van der Waals surface area contributed by atoms with E-state index >= 15 is 0 Å². The lowest BCUT2D eigenvalue weighted by Crippen LogP contribution is -2.37. The van der Waals surface area contributed by atoms with Crippen LogP contribution in [0.4, 0.5) is 5.69 Å². The van der Waals surface area contributed by atoms with Crippen LogP contribution < -0.4 is 16.6 Å². The van der Waals surface area contributed by atoms with E-state index in [1.165, 1.54) is 40.9 Å². The second-order valence-electron chi connectivity index (χ2n) is 7.68. The van der Waals surface area contributed by atoms with Gasteiger partial charge in [-0.3, -0.25) is 18.7 Å². The number of hydrogen-bond donors (Lipinski definition) is 1. The highest BCUT2D eigenvalue weighted by molar-refractivity contribution is 7.21. The van der Waals surface area contributed by atoms with Crippen molar-refractivity contribution in [2.24, 2.45) is 14.1 Å². The monoisotopic (exact) mass is 461 g/mol. The number of benzene rings is 1. The molecule has 1 N–H and O–H groups in total. The molecule has 0 saturated heterocycles. The van der Waals surface area contributed by atoms with Crippen molar-refractivity contribution < 1.29 is 4.79 Å². The molecule has 5 aromatic rings. The molecule has 1 amide bonds. The summed E-state index contributed by atoms with van der Waals surface area (Å²) in [7, 11) is 2.93. The molecule has 5 rings (SSSR count). The van der Waals surface area contributed by atoms with Crippen LogP contribution in [-0.2, 0) is 25.4 Å². The second-order valence-corrected chi connectivity index (χ2v) is 8.65. The number of carbonyl (C=O) groups excluding carboxylic acids is 1. The number of imidazole rings is 1. The van der Waals surface area contributed by atoms with E-state index in [0.29, 0.717) is 5.69 Å². The standard InChI is InChI=1S/C22H19N7O3S/c1-12-6-7-13(19-26-14-5-4-8-23-20(14)33-19)9-15(12)25-16(30)10-29-11-24-18-17(29)21(31)28(3)22(32)27(18)2/h4-9,11H,10H2,1-3H3,(H,25,30). The Morgan fingerprint density at radius 3 is 2.73 bits per heavy atom. The molecule has 0 aliphatic rings. The third kappa shape index (κ3) is 3.52. The molecule has 0 spiro atoms. The minimum atomic E-state index is -0.499. The number of nitrogens with one attached hydrogen (secondary N) is 1. The maximum Gasteiger partial charge on any atom is 0.332 e.